The van der Waals surface area contributed by atoms with E-state index in [9.17, 15) is 0 Å². The number of fused-ring (bicyclic) bond motifs is 4. The first kappa shape index (κ1) is 35.0. The van der Waals surface area contributed by atoms with E-state index in [-0.39, 0.29) is 0 Å². The van der Waals surface area contributed by atoms with Crippen LogP contribution in [0, 0.1) is 0 Å². The molecule has 282 valence electrons. The predicted octanol–water partition coefficient (Wildman–Crippen LogP) is 14.7. The molecular formula is C55H36N4O. The van der Waals surface area contributed by atoms with Crippen LogP contribution in [0.15, 0.2) is 223 Å². The highest BCUT2D eigenvalue weighted by atomic mass is 16.3. The molecule has 2 aromatic heterocycles. The molecule has 9 aromatic carbocycles. The van der Waals surface area contributed by atoms with Crippen molar-refractivity contribution in [2.75, 3.05) is 4.90 Å². The Kier molecular flexibility index (Phi) is 8.75. The molecule has 0 aliphatic heterocycles. The molecule has 0 amide bonds. The van der Waals surface area contributed by atoms with Crippen LogP contribution < -0.4 is 4.90 Å². The van der Waals surface area contributed by atoms with Gasteiger partial charge in [-0.3, -0.25) is 0 Å². The van der Waals surface area contributed by atoms with Crippen LogP contribution in [0.3, 0.4) is 0 Å². The smallest absolute Gasteiger partial charge is 0.164 e. The number of benzene rings is 9. The van der Waals surface area contributed by atoms with E-state index in [4.69, 9.17) is 19.4 Å². The van der Waals surface area contributed by atoms with Gasteiger partial charge < -0.3 is 9.32 Å². The van der Waals surface area contributed by atoms with Crippen LogP contribution in [0.5, 0.6) is 0 Å². The van der Waals surface area contributed by atoms with Gasteiger partial charge in [-0.05, 0) is 76.2 Å². The van der Waals surface area contributed by atoms with Crippen LogP contribution in [0.1, 0.15) is 0 Å². The molecule has 0 aliphatic rings. The lowest BCUT2D eigenvalue weighted by molar-refractivity contribution is 0.669. The Morgan fingerprint density at radius 3 is 1.48 bits per heavy atom. The van der Waals surface area contributed by atoms with Crippen LogP contribution in [0.25, 0.3) is 89.1 Å². The van der Waals surface area contributed by atoms with E-state index in [0.717, 1.165) is 66.8 Å². The Balaban J connectivity index is 0.978. The van der Waals surface area contributed by atoms with Crippen molar-refractivity contribution < 1.29 is 4.42 Å². The van der Waals surface area contributed by atoms with Gasteiger partial charge in [0.25, 0.3) is 0 Å². The third-order valence-corrected chi connectivity index (χ3v) is 11.1. The van der Waals surface area contributed by atoms with Crippen LogP contribution in [-0.4, -0.2) is 15.0 Å². The summed E-state index contributed by atoms with van der Waals surface area (Å²) >= 11 is 0. The molecule has 0 saturated carbocycles. The van der Waals surface area contributed by atoms with Crippen molar-refractivity contribution in [3.63, 3.8) is 0 Å². The van der Waals surface area contributed by atoms with Gasteiger partial charge in [-0.1, -0.05) is 170 Å². The number of hydrogen-bond acceptors (Lipinski definition) is 5. The van der Waals surface area contributed by atoms with Gasteiger partial charge in [-0.25, -0.2) is 15.0 Å². The number of anilines is 3. The van der Waals surface area contributed by atoms with Crippen LogP contribution in [-0.2, 0) is 0 Å². The van der Waals surface area contributed by atoms with Gasteiger partial charge in [-0.15, -0.1) is 0 Å². The summed E-state index contributed by atoms with van der Waals surface area (Å²) in [5, 5.41) is 4.37. The maximum atomic E-state index is 6.59. The van der Waals surface area contributed by atoms with Crippen LogP contribution >= 0.6 is 0 Å². The molecular weight excluding hydrogens is 733 g/mol. The van der Waals surface area contributed by atoms with E-state index in [1.54, 1.807) is 0 Å². The molecule has 11 rings (SSSR count). The summed E-state index contributed by atoms with van der Waals surface area (Å²) < 4.78 is 6.59. The molecule has 0 aliphatic carbocycles. The largest absolute Gasteiger partial charge is 0.456 e. The molecule has 0 bridgehead atoms. The van der Waals surface area contributed by atoms with Crippen molar-refractivity contribution >= 4 is 49.8 Å². The van der Waals surface area contributed by atoms with Crippen molar-refractivity contribution in [2.45, 2.75) is 0 Å². The van der Waals surface area contributed by atoms with E-state index in [2.05, 4.69) is 150 Å². The van der Waals surface area contributed by atoms with Crippen molar-refractivity contribution in [2.24, 2.45) is 0 Å². The second-order valence-corrected chi connectivity index (χ2v) is 14.8. The van der Waals surface area contributed by atoms with Gasteiger partial charge in [-0.2, -0.15) is 0 Å². The van der Waals surface area contributed by atoms with Crippen LogP contribution in [0.4, 0.5) is 17.1 Å². The number of aromatic nitrogens is 3. The maximum absolute atomic E-state index is 6.59. The molecule has 0 saturated heterocycles. The molecule has 5 nitrogen and oxygen atoms in total. The lowest BCUT2D eigenvalue weighted by Crippen LogP contribution is -2.10. The normalized spacial score (nSPS) is 11.3. The van der Waals surface area contributed by atoms with E-state index < -0.39 is 0 Å². The molecule has 0 spiro atoms. The maximum Gasteiger partial charge on any atom is 0.164 e. The predicted molar refractivity (Wildman–Crippen MR) is 246 cm³/mol. The topological polar surface area (TPSA) is 55.1 Å². The second kappa shape index (κ2) is 15.0. The second-order valence-electron chi connectivity index (χ2n) is 14.8. The molecule has 11 aromatic rings. The third-order valence-electron chi connectivity index (χ3n) is 11.1. The summed E-state index contributed by atoms with van der Waals surface area (Å²) in [6.07, 6.45) is 0. The fourth-order valence-corrected chi connectivity index (χ4v) is 8.19. The Hall–Kier alpha value is -8.15. The number of furan rings is 1. The fourth-order valence-electron chi connectivity index (χ4n) is 8.19. The SMILES string of the molecule is c1ccc(-c2ccc(N(c3ccc(-c4ccc5c(c4)oc4cccc(-c6nc(-c7ccccc7)nc(-c7ccccc7)n6)c45)cc3)c3cccc4ccccc34)cc2)cc1. The summed E-state index contributed by atoms with van der Waals surface area (Å²) in [5.74, 6) is 1.84. The lowest BCUT2D eigenvalue weighted by Gasteiger charge is -2.27. The zero-order valence-electron chi connectivity index (χ0n) is 32.5. The summed E-state index contributed by atoms with van der Waals surface area (Å²) in [5.41, 5.74) is 12.2. The van der Waals surface area contributed by atoms with E-state index in [1.165, 1.54) is 21.9 Å². The van der Waals surface area contributed by atoms with E-state index in [0.29, 0.717) is 17.5 Å². The Morgan fingerprint density at radius 1 is 0.333 bits per heavy atom. The average Bonchev–Trinajstić information content (AvgIpc) is 3.71. The van der Waals surface area contributed by atoms with E-state index in [1.807, 2.05) is 72.8 Å². The van der Waals surface area contributed by atoms with Crippen molar-refractivity contribution in [1.82, 2.24) is 15.0 Å². The first-order valence-electron chi connectivity index (χ1n) is 20.1. The van der Waals surface area contributed by atoms with Gasteiger partial charge >= 0.3 is 0 Å². The standard InChI is InChI=1S/C55H36N4O/c1-4-14-37(15-5-1)38-26-31-44(32-27-38)59(49-24-12-21-40-16-10-11-22-46(40)49)45-33-28-39(29-34-45)43-30-35-47-51(36-43)60-50-25-13-23-48(52(47)50)55-57-53(41-17-6-2-7-18-41)56-54(58-55)42-19-8-3-9-20-42/h1-36H. The van der Waals surface area contributed by atoms with E-state index >= 15 is 0 Å². The minimum atomic E-state index is 0.598. The monoisotopic (exact) mass is 768 g/mol. The summed E-state index contributed by atoms with van der Waals surface area (Å²) in [4.78, 5) is 17.3. The molecule has 60 heavy (non-hydrogen) atoms. The zero-order chi connectivity index (χ0) is 39.8. The average molecular weight is 769 g/mol. The Labute approximate surface area is 347 Å². The minimum absolute atomic E-state index is 0.598. The number of nitrogens with zero attached hydrogens (tertiary/aromatic N) is 4. The highest BCUT2D eigenvalue weighted by molar-refractivity contribution is 6.12. The molecule has 5 heteroatoms. The van der Waals surface area contributed by atoms with Gasteiger partial charge in [0.2, 0.25) is 0 Å². The molecule has 0 unspecified atom stereocenters. The van der Waals surface area contributed by atoms with Gasteiger partial charge in [0.1, 0.15) is 11.2 Å². The third kappa shape index (κ3) is 6.45. The van der Waals surface area contributed by atoms with Gasteiger partial charge in [0, 0.05) is 44.2 Å². The molecule has 0 radical (unpaired) electrons. The summed E-state index contributed by atoms with van der Waals surface area (Å²) in [6.45, 7) is 0. The number of rotatable bonds is 8. The highest BCUT2D eigenvalue weighted by Gasteiger charge is 2.19. The molecule has 0 N–H and O–H groups in total. The van der Waals surface area contributed by atoms with Gasteiger partial charge in [0.15, 0.2) is 17.5 Å². The first-order valence-corrected chi connectivity index (χ1v) is 20.1. The first-order chi connectivity index (χ1) is 29.7. The Bertz CT molecular complexity index is 3230. The van der Waals surface area contributed by atoms with Crippen molar-refractivity contribution in [3.8, 4) is 56.4 Å². The quantitative estimate of drug-likeness (QED) is 0.154. The fraction of sp³-hybridized carbons (Fsp3) is 0. The molecule has 0 fully saturated rings. The van der Waals surface area contributed by atoms with Crippen molar-refractivity contribution in [1.29, 1.82) is 0 Å². The van der Waals surface area contributed by atoms with Crippen LogP contribution in [0.2, 0.25) is 0 Å². The summed E-state index contributed by atoms with van der Waals surface area (Å²) in [6, 6.07) is 75.9. The number of hydrogen-bond donors (Lipinski definition) is 0. The lowest BCUT2D eigenvalue weighted by atomic mass is 10.0. The Morgan fingerprint density at radius 2 is 0.833 bits per heavy atom. The van der Waals surface area contributed by atoms with Gasteiger partial charge in [0.05, 0.1) is 5.69 Å². The zero-order valence-corrected chi connectivity index (χ0v) is 32.5. The molecule has 0 atom stereocenters. The minimum Gasteiger partial charge on any atom is -0.456 e. The van der Waals surface area contributed by atoms with Crippen molar-refractivity contribution in [3.05, 3.63) is 218 Å². The summed E-state index contributed by atoms with van der Waals surface area (Å²) in [7, 11) is 0. The highest BCUT2D eigenvalue weighted by Crippen LogP contribution is 2.42. The molecule has 2 heterocycles.